The second-order valence-corrected chi connectivity index (χ2v) is 9.17. The summed E-state index contributed by atoms with van der Waals surface area (Å²) in [6.45, 7) is 0.867. The van der Waals surface area contributed by atoms with Crippen molar-refractivity contribution in [2.45, 2.75) is 23.7 Å². The molecule has 5 heterocycles. The van der Waals surface area contributed by atoms with Crippen molar-refractivity contribution in [3.05, 3.63) is 59.8 Å². The zero-order valence-electron chi connectivity index (χ0n) is 14.8. The minimum absolute atomic E-state index is 0.177. The maximum Gasteiger partial charge on any atom is 0.246 e. The fourth-order valence-corrected chi connectivity index (χ4v) is 5.68. The maximum atomic E-state index is 13.1. The van der Waals surface area contributed by atoms with Crippen molar-refractivity contribution in [1.82, 2.24) is 28.5 Å². The summed E-state index contributed by atoms with van der Waals surface area (Å²) in [7, 11) is -3.60. The number of hydrogen-bond donors (Lipinski definition) is 0. The highest BCUT2D eigenvalue weighted by Gasteiger charge is 2.32. The molecule has 0 N–H and O–H groups in total. The van der Waals surface area contributed by atoms with Crippen LogP contribution in [0.4, 0.5) is 0 Å². The number of sulfonamides is 1. The van der Waals surface area contributed by atoms with Gasteiger partial charge in [0.25, 0.3) is 0 Å². The van der Waals surface area contributed by atoms with Crippen LogP contribution in [-0.2, 0) is 10.0 Å². The van der Waals surface area contributed by atoms with E-state index < -0.39 is 10.0 Å². The highest BCUT2D eigenvalue weighted by atomic mass is 35.5. The third kappa shape index (κ3) is 2.78. The van der Waals surface area contributed by atoms with E-state index in [9.17, 15) is 8.42 Å². The number of piperidine rings is 1. The van der Waals surface area contributed by atoms with Gasteiger partial charge in [-0.2, -0.15) is 14.5 Å². The summed E-state index contributed by atoms with van der Waals surface area (Å²) >= 11 is 6.44. The highest BCUT2D eigenvalue weighted by molar-refractivity contribution is 7.89. The number of fused-ring (bicyclic) bond motifs is 2. The van der Waals surface area contributed by atoms with E-state index >= 15 is 0 Å². The van der Waals surface area contributed by atoms with Crippen LogP contribution >= 0.6 is 11.6 Å². The Labute approximate surface area is 166 Å². The molecule has 0 spiro atoms. The topological polar surface area (TPSA) is 84.9 Å². The second-order valence-electron chi connectivity index (χ2n) is 6.86. The van der Waals surface area contributed by atoms with Gasteiger partial charge in [-0.15, -0.1) is 0 Å². The summed E-state index contributed by atoms with van der Waals surface area (Å²) in [5, 5.41) is 8.96. The molecule has 4 aromatic rings. The lowest BCUT2D eigenvalue weighted by molar-refractivity contribution is 0.319. The lowest BCUT2D eigenvalue weighted by atomic mass is 9.91. The lowest BCUT2D eigenvalue weighted by Gasteiger charge is -2.31. The Morgan fingerprint density at radius 3 is 2.75 bits per heavy atom. The molecule has 0 aliphatic carbocycles. The molecule has 1 fully saturated rings. The van der Waals surface area contributed by atoms with Gasteiger partial charge in [-0.1, -0.05) is 17.7 Å². The van der Waals surface area contributed by atoms with E-state index in [1.54, 1.807) is 27.4 Å². The van der Waals surface area contributed by atoms with Crippen LogP contribution in [0.2, 0.25) is 5.02 Å². The van der Waals surface area contributed by atoms with Crippen molar-refractivity contribution in [3.63, 3.8) is 0 Å². The van der Waals surface area contributed by atoms with Gasteiger partial charge in [0.05, 0.1) is 11.7 Å². The normalized spacial score (nSPS) is 16.9. The van der Waals surface area contributed by atoms with E-state index in [4.69, 9.17) is 11.6 Å². The van der Waals surface area contributed by atoms with Crippen LogP contribution in [0, 0.1) is 0 Å². The molecule has 10 heteroatoms. The molecule has 4 aromatic heterocycles. The largest absolute Gasteiger partial charge is 0.246 e. The molecule has 28 heavy (non-hydrogen) atoms. The molecule has 5 rings (SSSR count). The number of halogens is 1. The fraction of sp³-hybridized carbons (Fsp3) is 0.278. The zero-order valence-corrected chi connectivity index (χ0v) is 16.4. The fourth-order valence-electron chi connectivity index (χ4n) is 3.81. The molecule has 0 atom stereocenters. The van der Waals surface area contributed by atoms with Crippen molar-refractivity contribution in [2.24, 2.45) is 0 Å². The van der Waals surface area contributed by atoms with Crippen molar-refractivity contribution >= 4 is 32.8 Å². The first-order valence-corrected chi connectivity index (χ1v) is 10.8. The average molecular weight is 417 g/mol. The van der Waals surface area contributed by atoms with E-state index in [1.165, 1.54) is 16.8 Å². The summed E-state index contributed by atoms with van der Waals surface area (Å²) < 4.78 is 31.1. The molecule has 1 saturated heterocycles. The lowest BCUT2D eigenvalue weighted by Crippen LogP contribution is -2.38. The summed E-state index contributed by atoms with van der Waals surface area (Å²) in [5.74, 6) is 0.177. The molecule has 1 aliphatic heterocycles. The Kier molecular flexibility index (Phi) is 4.11. The Morgan fingerprint density at radius 1 is 1.11 bits per heavy atom. The van der Waals surface area contributed by atoms with Gasteiger partial charge >= 0.3 is 0 Å². The van der Waals surface area contributed by atoms with E-state index in [0.717, 1.165) is 5.56 Å². The number of aromatic nitrogens is 5. The van der Waals surface area contributed by atoms with Crippen LogP contribution in [-0.4, -0.2) is 50.0 Å². The van der Waals surface area contributed by atoms with E-state index in [2.05, 4.69) is 15.2 Å². The highest BCUT2D eigenvalue weighted by Crippen LogP contribution is 2.35. The van der Waals surface area contributed by atoms with Crippen molar-refractivity contribution < 1.29 is 8.42 Å². The van der Waals surface area contributed by atoms with Crippen molar-refractivity contribution in [3.8, 4) is 0 Å². The molecule has 144 valence electrons. The summed E-state index contributed by atoms with van der Waals surface area (Å²) in [4.78, 5) is 4.38. The van der Waals surface area contributed by atoms with Crippen molar-refractivity contribution in [1.29, 1.82) is 0 Å². The molecular formula is C18H17ClN6O2S. The zero-order chi connectivity index (χ0) is 19.3. The van der Waals surface area contributed by atoms with Crippen LogP contribution in [0.25, 0.3) is 11.2 Å². The summed E-state index contributed by atoms with van der Waals surface area (Å²) in [5.41, 5.74) is 2.26. The maximum absolute atomic E-state index is 13.1. The monoisotopic (exact) mass is 416 g/mol. The van der Waals surface area contributed by atoms with Gasteiger partial charge in [0, 0.05) is 36.6 Å². The van der Waals surface area contributed by atoms with Crippen LogP contribution in [0.5, 0.6) is 0 Å². The first-order chi connectivity index (χ1) is 13.5. The predicted molar refractivity (Wildman–Crippen MR) is 104 cm³/mol. The van der Waals surface area contributed by atoms with Crippen LogP contribution in [0.1, 0.15) is 24.3 Å². The van der Waals surface area contributed by atoms with Gasteiger partial charge in [-0.3, -0.25) is 0 Å². The third-order valence-corrected chi connectivity index (χ3v) is 7.54. The van der Waals surface area contributed by atoms with Crippen LogP contribution in [0.3, 0.4) is 0 Å². The average Bonchev–Trinajstić information content (AvgIpc) is 3.34. The number of rotatable bonds is 3. The Hall–Kier alpha value is -2.49. The minimum atomic E-state index is -3.60. The number of pyridine rings is 2. The van der Waals surface area contributed by atoms with E-state index in [0.29, 0.717) is 42.1 Å². The molecule has 0 aromatic carbocycles. The summed E-state index contributed by atoms with van der Waals surface area (Å²) in [6, 6.07) is 7.19. The van der Waals surface area contributed by atoms with Crippen molar-refractivity contribution in [2.75, 3.05) is 13.1 Å². The first kappa shape index (κ1) is 17.6. The quantitative estimate of drug-likeness (QED) is 0.512. The standard InChI is InChI=1S/C18H17ClN6O2S/c19-15-9-18-20-12-22-25(18)11-14(15)13-4-7-23(8-5-13)28(26,27)17-10-21-24-6-2-1-3-16(17)24/h1-3,6,9-13H,4-5,7-8H2. The molecule has 0 amide bonds. The Bertz CT molecular complexity index is 1270. The number of hydrogen-bond acceptors (Lipinski definition) is 5. The van der Waals surface area contributed by atoms with E-state index in [-0.39, 0.29) is 10.8 Å². The van der Waals surface area contributed by atoms with Gasteiger partial charge in [0.1, 0.15) is 11.2 Å². The van der Waals surface area contributed by atoms with Gasteiger partial charge in [-0.25, -0.2) is 22.4 Å². The predicted octanol–water partition coefficient (Wildman–Crippen LogP) is 2.60. The first-order valence-electron chi connectivity index (χ1n) is 8.95. The van der Waals surface area contributed by atoms with Gasteiger partial charge in [0.2, 0.25) is 10.0 Å². The van der Waals surface area contributed by atoms with E-state index in [1.807, 2.05) is 18.3 Å². The van der Waals surface area contributed by atoms with Crippen LogP contribution in [0.15, 0.2) is 54.1 Å². The second kappa shape index (κ2) is 6.54. The van der Waals surface area contributed by atoms with Gasteiger partial charge in [-0.05, 0) is 36.5 Å². The van der Waals surface area contributed by atoms with Gasteiger partial charge in [0.15, 0.2) is 5.65 Å². The molecule has 0 saturated carbocycles. The third-order valence-electron chi connectivity index (χ3n) is 5.30. The molecule has 8 nitrogen and oxygen atoms in total. The molecular weight excluding hydrogens is 400 g/mol. The SMILES string of the molecule is O=S(=O)(c1cnn2ccccc12)N1CCC(c2cn3ncnc3cc2Cl)CC1. The Morgan fingerprint density at radius 2 is 1.93 bits per heavy atom. The minimum Gasteiger partial charge on any atom is -0.240 e. The summed E-state index contributed by atoms with van der Waals surface area (Å²) in [6.07, 6.45) is 7.93. The van der Waals surface area contributed by atoms with Gasteiger partial charge < -0.3 is 0 Å². The number of nitrogens with zero attached hydrogens (tertiary/aromatic N) is 6. The molecule has 0 radical (unpaired) electrons. The smallest absolute Gasteiger partial charge is 0.240 e. The van der Waals surface area contributed by atoms with Crippen LogP contribution < -0.4 is 0 Å². The Balaban J connectivity index is 1.39. The molecule has 1 aliphatic rings. The molecule has 0 unspecified atom stereocenters. The molecule has 0 bridgehead atoms.